The Morgan fingerprint density at radius 1 is 1.12 bits per heavy atom. The van der Waals surface area contributed by atoms with Crippen molar-refractivity contribution in [3.63, 3.8) is 0 Å². The smallest absolute Gasteiger partial charge is 0.252 e. The summed E-state index contributed by atoms with van der Waals surface area (Å²) < 4.78 is 0. The molecule has 1 aliphatic rings. The van der Waals surface area contributed by atoms with Gasteiger partial charge >= 0.3 is 0 Å². The number of hydrogen-bond acceptors (Lipinski definition) is 5. The van der Waals surface area contributed by atoms with Crippen LogP contribution in [0.15, 0.2) is 24.3 Å². The maximum atomic E-state index is 12.1. The summed E-state index contributed by atoms with van der Waals surface area (Å²) in [5.41, 5.74) is 1.98. The number of hydrogen-bond donors (Lipinski definition) is 4. The molecule has 1 aliphatic heterocycles. The highest BCUT2D eigenvalue weighted by Gasteiger charge is 2.31. The lowest BCUT2D eigenvalue weighted by molar-refractivity contribution is -0.146. The number of aryl methyl sites for hydroxylation is 1. The van der Waals surface area contributed by atoms with Crippen LogP contribution in [0, 0.1) is 6.92 Å². The van der Waals surface area contributed by atoms with Gasteiger partial charge in [-0.2, -0.15) is 0 Å². The van der Waals surface area contributed by atoms with Crippen LogP contribution >= 0.6 is 0 Å². The average Bonchev–Trinajstić information content (AvgIpc) is 2.66. The Hall–Kier alpha value is -1.96. The van der Waals surface area contributed by atoms with E-state index in [1.165, 1.54) is 0 Å². The van der Waals surface area contributed by atoms with Gasteiger partial charge in [0, 0.05) is 25.7 Å². The van der Waals surface area contributed by atoms with Crippen LogP contribution in [-0.4, -0.2) is 64.8 Å². The van der Waals surface area contributed by atoms with Crippen molar-refractivity contribution in [1.29, 1.82) is 0 Å². The van der Waals surface area contributed by atoms with Crippen LogP contribution in [0.1, 0.15) is 30.9 Å². The van der Waals surface area contributed by atoms with E-state index in [-0.39, 0.29) is 12.6 Å². The fourth-order valence-corrected chi connectivity index (χ4v) is 2.97. The highest BCUT2D eigenvalue weighted by molar-refractivity contribution is 5.90. The molecule has 7 nitrogen and oxygen atoms in total. The summed E-state index contributed by atoms with van der Waals surface area (Å²) in [6, 6.07) is 7.54. The minimum Gasteiger partial charge on any atom is -0.380 e. The zero-order valence-corrected chi connectivity index (χ0v) is 15.4. The van der Waals surface area contributed by atoms with E-state index in [9.17, 15) is 19.8 Å². The van der Waals surface area contributed by atoms with E-state index < -0.39 is 24.0 Å². The molecule has 2 rings (SSSR count). The average molecular weight is 363 g/mol. The third-order valence-corrected chi connectivity index (χ3v) is 4.80. The minimum absolute atomic E-state index is 0.0391. The van der Waals surface area contributed by atoms with Gasteiger partial charge in [-0.1, -0.05) is 36.8 Å². The van der Waals surface area contributed by atoms with Crippen molar-refractivity contribution in [2.75, 3.05) is 19.6 Å². The number of benzene rings is 1. The van der Waals surface area contributed by atoms with Crippen molar-refractivity contribution in [3.8, 4) is 0 Å². The van der Waals surface area contributed by atoms with Crippen LogP contribution in [0.5, 0.6) is 0 Å². The quantitative estimate of drug-likeness (QED) is 0.543. The Bertz CT molecular complexity index is 597. The first kappa shape index (κ1) is 20.4. The van der Waals surface area contributed by atoms with Crippen molar-refractivity contribution in [1.82, 2.24) is 15.5 Å². The topological polar surface area (TPSA) is 102 Å². The van der Waals surface area contributed by atoms with Crippen LogP contribution < -0.4 is 10.6 Å². The molecular weight excluding hydrogens is 334 g/mol. The van der Waals surface area contributed by atoms with Crippen molar-refractivity contribution in [2.24, 2.45) is 0 Å². The van der Waals surface area contributed by atoms with Crippen LogP contribution in [0.2, 0.25) is 0 Å². The van der Waals surface area contributed by atoms with Gasteiger partial charge < -0.3 is 25.7 Å². The van der Waals surface area contributed by atoms with Gasteiger partial charge in [-0.05, 0) is 31.9 Å². The summed E-state index contributed by atoms with van der Waals surface area (Å²) in [4.78, 5) is 26.4. The molecule has 2 atom stereocenters. The van der Waals surface area contributed by atoms with Crippen LogP contribution in [-0.2, 0) is 16.1 Å². The van der Waals surface area contributed by atoms with Crippen LogP contribution in [0.25, 0.3) is 0 Å². The second-order valence-electron chi connectivity index (χ2n) is 6.81. The first-order valence-electron chi connectivity index (χ1n) is 9.12. The molecule has 2 unspecified atom stereocenters. The normalized spacial score (nSPS) is 18.2. The summed E-state index contributed by atoms with van der Waals surface area (Å²) in [5, 5.41) is 25.2. The molecule has 144 valence electrons. The second-order valence-corrected chi connectivity index (χ2v) is 6.81. The van der Waals surface area contributed by atoms with E-state index in [1.807, 2.05) is 31.2 Å². The number of likely N-dealkylation sites (tertiary alicyclic amines) is 1. The number of nitrogens with zero attached hydrogens (tertiary/aromatic N) is 1. The summed E-state index contributed by atoms with van der Waals surface area (Å²) >= 11 is 0. The largest absolute Gasteiger partial charge is 0.380 e. The number of carbonyl (C=O) groups is 2. The first-order valence-corrected chi connectivity index (χ1v) is 9.12. The summed E-state index contributed by atoms with van der Waals surface area (Å²) in [6.07, 6.45) is -1.99. The summed E-state index contributed by atoms with van der Waals surface area (Å²) in [5.74, 6) is -1.48. The lowest BCUT2D eigenvalue weighted by Gasteiger charge is -2.32. The SMILES string of the molecule is CCN1CCC(NC(=O)C(O)C(O)C(=O)NCc2ccc(C)cc2)CC1. The van der Waals surface area contributed by atoms with Crippen molar-refractivity contribution >= 4 is 11.8 Å². The number of nitrogens with one attached hydrogen (secondary N) is 2. The van der Waals surface area contributed by atoms with E-state index in [0.717, 1.165) is 43.6 Å². The molecular formula is C19H29N3O4. The molecule has 1 aromatic rings. The van der Waals surface area contributed by atoms with E-state index in [1.54, 1.807) is 0 Å². The molecule has 1 heterocycles. The second kappa shape index (κ2) is 9.66. The number of aliphatic hydroxyl groups is 2. The number of rotatable bonds is 7. The third-order valence-electron chi connectivity index (χ3n) is 4.80. The van der Waals surface area contributed by atoms with Gasteiger partial charge in [0.2, 0.25) is 0 Å². The van der Waals surface area contributed by atoms with Gasteiger partial charge in [0.05, 0.1) is 0 Å². The third kappa shape index (κ3) is 5.79. The van der Waals surface area contributed by atoms with Gasteiger partial charge in [-0.3, -0.25) is 9.59 Å². The molecule has 0 aliphatic carbocycles. The highest BCUT2D eigenvalue weighted by Crippen LogP contribution is 2.10. The number of piperidine rings is 1. The first-order chi connectivity index (χ1) is 12.4. The number of amides is 2. The predicted octanol–water partition coefficient (Wildman–Crippen LogP) is -0.0665. The van der Waals surface area contributed by atoms with Gasteiger partial charge in [-0.25, -0.2) is 0 Å². The molecule has 1 saturated heterocycles. The zero-order chi connectivity index (χ0) is 19.1. The van der Waals surface area contributed by atoms with Gasteiger partial charge in [0.25, 0.3) is 11.8 Å². The monoisotopic (exact) mass is 363 g/mol. The van der Waals surface area contributed by atoms with Gasteiger partial charge in [0.1, 0.15) is 0 Å². The van der Waals surface area contributed by atoms with Crippen molar-refractivity contribution in [3.05, 3.63) is 35.4 Å². The standard InChI is InChI=1S/C19H29N3O4/c1-3-22-10-8-15(9-11-22)21-19(26)17(24)16(23)18(25)20-12-14-6-4-13(2)5-7-14/h4-7,15-17,23-24H,3,8-12H2,1-2H3,(H,20,25)(H,21,26). The van der Waals surface area contributed by atoms with Crippen LogP contribution in [0.4, 0.5) is 0 Å². The minimum atomic E-state index is -1.80. The maximum Gasteiger partial charge on any atom is 0.252 e. The van der Waals surface area contributed by atoms with E-state index in [4.69, 9.17) is 0 Å². The van der Waals surface area contributed by atoms with E-state index in [0.29, 0.717) is 0 Å². The molecule has 26 heavy (non-hydrogen) atoms. The molecule has 1 aromatic carbocycles. The molecule has 0 spiro atoms. The van der Waals surface area contributed by atoms with Gasteiger partial charge in [-0.15, -0.1) is 0 Å². The van der Waals surface area contributed by atoms with Crippen LogP contribution in [0.3, 0.4) is 0 Å². The Labute approximate surface area is 154 Å². The Kier molecular flexibility index (Phi) is 7.56. The van der Waals surface area contributed by atoms with E-state index in [2.05, 4.69) is 22.5 Å². The molecule has 0 radical (unpaired) electrons. The Balaban J connectivity index is 1.77. The summed E-state index contributed by atoms with van der Waals surface area (Å²) in [6.45, 7) is 7.03. The lowest BCUT2D eigenvalue weighted by Crippen LogP contribution is -2.53. The molecule has 1 fully saturated rings. The fourth-order valence-electron chi connectivity index (χ4n) is 2.97. The summed E-state index contributed by atoms with van der Waals surface area (Å²) in [7, 11) is 0. The lowest BCUT2D eigenvalue weighted by atomic mass is 10.0. The Morgan fingerprint density at radius 3 is 2.27 bits per heavy atom. The van der Waals surface area contributed by atoms with Gasteiger partial charge in [0.15, 0.2) is 12.2 Å². The fraction of sp³-hybridized carbons (Fsp3) is 0.579. The molecule has 0 saturated carbocycles. The van der Waals surface area contributed by atoms with Crippen molar-refractivity contribution < 1.29 is 19.8 Å². The van der Waals surface area contributed by atoms with Crippen molar-refractivity contribution in [2.45, 2.75) is 51.5 Å². The number of carbonyl (C=O) groups excluding carboxylic acids is 2. The molecule has 4 N–H and O–H groups in total. The van der Waals surface area contributed by atoms with E-state index >= 15 is 0 Å². The predicted molar refractivity (Wildman–Crippen MR) is 98.3 cm³/mol. The molecule has 0 aromatic heterocycles. The Morgan fingerprint density at radius 2 is 1.69 bits per heavy atom. The highest BCUT2D eigenvalue weighted by atomic mass is 16.3. The zero-order valence-electron chi connectivity index (χ0n) is 15.4. The molecule has 7 heteroatoms. The number of aliphatic hydroxyl groups excluding tert-OH is 2. The maximum absolute atomic E-state index is 12.1. The molecule has 2 amide bonds. The molecule has 0 bridgehead atoms.